The van der Waals surface area contributed by atoms with Gasteiger partial charge in [-0.2, -0.15) is 5.10 Å². The predicted octanol–water partition coefficient (Wildman–Crippen LogP) is 3.66. The van der Waals surface area contributed by atoms with Gasteiger partial charge >= 0.3 is 11.8 Å². The maximum Gasteiger partial charge on any atom is 0.329 e. The molecule has 0 heterocycles. The number of rotatable bonds is 8. The third-order valence-corrected chi connectivity index (χ3v) is 4.85. The van der Waals surface area contributed by atoms with Gasteiger partial charge in [0.05, 0.1) is 6.21 Å². The Balaban J connectivity index is 1.47. The van der Waals surface area contributed by atoms with Crippen molar-refractivity contribution in [2.45, 2.75) is 20.3 Å². The lowest BCUT2D eigenvalue weighted by atomic mass is 10.1. The quantitative estimate of drug-likeness (QED) is 0.272. The third-order valence-electron chi connectivity index (χ3n) is 4.85. The van der Waals surface area contributed by atoms with Crippen molar-refractivity contribution < 1.29 is 19.1 Å². The Morgan fingerprint density at radius 2 is 1.68 bits per heavy atom. The number of carbonyl (C=O) groups is 3. The normalized spacial score (nSPS) is 10.5. The third kappa shape index (κ3) is 7.30. The molecule has 34 heavy (non-hydrogen) atoms. The van der Waals surface area contributed by atoms with E-state index in [-0.39, 0.29) is 12.5 Å². The van der Waals surface area contributed by atoms with E-state index in [0.29, 0.717) is 22.7 Å². The molecule has 3 rings (SSSR count). The number of carbonyl (C=O) groups excluding carboxylic acids is 3. The summed E-state index contributed by atoms with van der Waals surface area (Å²) in [6.07, 6.45) is 2.31. The first-order valence-corrected chi connectivity index (χ1v) is 10.8. The highest BCUT2D eigenvalue weighted by Gasteiger charge is 2.13. The molecule has 0 bridgehead atoms. The number of ether oxygens (including phenoxy) is 1. The molecule has 8 nitrogen and oxygen atoms in total. The fourth-order valence-corrected chi connectivity index (χ4v) is 2.96. The van der Waals surface area contributed by atoms with Crippen molar-refractivity contribution in [3.8, 4) is 5.75 Å². The molecule has 0 aliphatic heterocycles. The highest BCUT2D eigenvalue weighted by Crippen LogP contribution is 2.14. The summed E-state index contributed by atoms with van der Waals surface area (Å²) in [5.74, 6) is -1.53. The molecule has 3 aromatic carbocycles. The fraction of sp³-hybridized carbons (Fsp3) is 0.154. The van der Waals surface area contributed by atoms with Crippen molar-refractivity contribution in [2.24, 2.45) is 5.10 Å². The number of hydrogen-bond donors (Lipinski definition) is 3. The van der Waals surface area contributed by atoms with Crippen LogP contribution in [-0.2, 0) is 20.8 Å². The van der Waals surface area contributed by atoms with Gasteiger partial charge in [0, 0.05) is 11.4 Å². The summed E-state index contributed by atoms with van der Waals surface area (Å²) >= 11 is 0. The van der Waals surface area contributed by atoms with Gasteiger partial charge in [-0.15, -0.1) is 0 Å². The maximum atomic E-state index is 12.1. The number of para-hydroxylation sites is 1. The van der Waals surface area contributed by atoms with Crippen molar-refractivity contribution in [3.63, 3.8) is 0 Å². The van der Waals surface area contributed by atoms with Crippen LogP contribution in [0.2, 0.25) is 0 Å². The van der Waals surface area contributed by atoms with E-state index in [9.17, 15) is 14.4 Å². The van der Waals surface area contributed by atoms with Gasteiger partial charge in [0.25, 0.3) is 5.91 Å². The summed E-state index contributed by atoms with van der Waals surface area (Å²) in [6.45, 7) is 3.73. The molecule has 0 radical (unpaired) electrons. The number of nitrogens with zero attached hydrogens (tertiary/aromatic N) is 1. The second kappa shape index (κ2) is 12.0. The first-order chi connectivity index (χ1) is 16.4. The van der Waals surface area contributed by atoms with Crippen molar-refractivity contribution in [2.75, 3.05) is 17.2 Å². The summed E-state index contributed by atoms with van der Waals surface area (Å²) in [4.78, 5) is 36.1. The minimum Gasteiger partial charge on any atom is -0.484 e. The van der Waals surface area contributed by atoms with Crippen molar-refractivity contribution in [1.29, 1.82) is 0 Å². The first kappa shape index (κ1) is 24.2. The predicted molar refractivity (Wildman–Crippen MR) is 132 cm³/mol. The Morgan fingerprint density at radius 3 is 2.41 bits per heavy atom. The zero-order valence-corrected chi connectivity index (χ0v) is 19.0. The Kier molecular flexibility index (Phi) is 8.51. The van der Waals surface area contributed by atoms with Crippen molar-refractivity contribution in [3.05, 3.63) is 89.5 Å². The first-order valence-electron chi connectivity index (χ1n) is 10.8. The van der Waals surface area contributed by atoms with Crippen molar-refractivity contribution in [1.82, 2.24) is 5.43 Å². The number of hydrogen-bond acceptors (Lipinski definition) is 5. The van der Waals surface area contributed by atoms with Gasteiger partial charge in [0.15, 0.2) is 6.61 Å². The van der Waals surface area contributed by atoms with Crippen LogP contribution in [0.15, 0.2) is 77.9 Å². The van der Waals surface area contributed by atoms with E-state index in [2.05, 4.69) is 28.1 Å². The summed E-state index contributed by atoms with van der Waals surface area (Å²) in [6, 6.07) is 21.6. The van der Waals surface area contributed by atoms with Crippen molar-refractivity contribution >= 4 is 35.3 Å². The van der Waals surface area contributed by atoms with Gasteiger partial charge in [-0.25, -0.2) is 5.43 Å². The Hall–Kier alpha value is -4.46. The summed E-state index contributed by atoms with van der Waals surface area (Å²) in [5, 5.41) is 9.13. The standard InChI is InChI=1S/C26H26N4O4/c1-3-19-11-13-21(14-12-19)28-24(31)17-34-22-9-6-8-20(15-22)16-27-30-26(33)25(32)29-23-10-5-4-7-18(23)2/h4-16H,3,17H2,1-2H3,(H,28,31)(H,29,32)(H,30,33)/b27-16-. The van der Waals surface area contributed by atoms with E-state index >= 15 is 0 Å². The molecule has 3 amide bonds. The Morgan fingerprint density at radius 1 is 0.912 bits per heavy atom. The molecule has 0 aliphatic carbocycles. The van der Waals surface area contributed by atoms with Gasteiger partial charge < -0.3 is 15.4 Å². The zero-order valence-electron chi connectivity index (χ0n) is 19.0. The van der Waals surface area contributed by atoms with Crippen LogP contribution in [0.3, 0.4) is 0 Å². The number of benzene rings is 3. The zero-order chi connectivity index (χ0) is 24.3. The number of amides is 3. The van der Waals surface area contributed by atoms with Gasteiger partial charge in [-0.3, -0.25) is 14.4 Å². The van der Waals surface area contributed by atoms with Crippen LogP contribution in [0, 0.1) is 6.92 Å². The molecule has 174 valence electrons. The Labute approximate surface area is 198 Å². The van der Waals surface area contributed by atoms with Gasteiger partial charge in [-0.1, -0.05) is 49.4 Å². The molecule has 0 atom stereocenters. The van der Waals surface area contributed by atoms with Crippen LogP contribution < -0.4 is 20.8 Å². The minimum absolute atomic E-state index is 0.161. The molecule has 3 aromatic rings. The van der Waals surface area contributed by atoms with E-state index in [1.807, 2.05) is 43.3 Å². The smallest absolute Gasteiger partial charge is 0.329 e. The molecule has 0 fully saturated rings. The molecule has 0 spiro atoms. The molecular formula is C26H26N4O4. The summed E-state index contributed by atoms with van der Waals surface area (Å²) in [7, 11) is 0. The van der Waals surface area contributed by atoms with E-state index in [1.165, 1.54) is 11.8 Å². The number of anilines is 2. The van der Waals surface area contributed by atoms with Crippen LogP contribution in [0.1, 0.15) is 23.6 Å². The van der Waals surface area contributed by atoms with Crippen LogP contribution in [-0.4, -0.2) is 30.5 Å². The van der Waals surface area contributed by atoms with E-state index in [0.717, 1.165) is 12.0 Å². The van der Waals surface area contributed by atoms with Gasteiger partial charge in [0.1, 0.15) is 5.75 Å². The minimum atomic E-state index is -0.893. The topological polar surface area (TPSA) is 109 Å². The highest BCUT2D eigenvalue weighted by atomic mass is 16.5. The second-order valence-corrected chi connectivity index (χ2v) is 7.43. The molecule has 3 N–H and O–H groups in total. The van der Waals surface area contributed by atoms with E-state index in [4.69, 9.17) is 4.74 Å². The van der Waals surface area contributed by atoms with E-state index in [1.54, 1.807) is 36.4 Å². The largest absolute Gasteiger partial charge is 0.484 e. The SMILES string of the molecule is CCc1ccc(NC(=O)COc2cccc(/C=N\NC(=O)C(=O)Nc3ccccc3C)c2)cc1. The lowest BCUT2D eigenvalue weighted by Gasteiger charge is -2.08. The number of hydrazone groups is 1. The summed E-state index contributed by atoms with van der Waals surface area (Å²) in [5.41, 5.74) is 6.09. The maximum absolute atomic E-state index is 12.1. The highest BCUT2D eigenvalue weighted by molar-refractivity contribution is 6.39. The average Bonchev–Trinajstić information content (AvgIpc) is 2.85. The van der Waals surface area contributed by atoms with Crippen LogP contribution in [0.4, 0.5) is 11.4 Å². The molecule has 0 aliphatic rings. The molecule has 0 unspecified atom stereocenters. The monoisotopic (exact) mass is 458 g/mol. The van der Waals surface area contributed by atoms with Crippen LogP contribution in [0.5, 0.6) is 5.75 Å². The lowest BCUT2D eigenvalue weighted by Crippen LogP contribution is -2.32. The van der Waals surface area contributed by atoms with Crippen LogP contribution in [0.25, 0.3) is 0 Å². The second-order valence-electron chi connectivity index (χ2n) is 7.43. The Bertz CT molecular complexity index is 1190. The van der Waals surface area contributed by atoms with E-state index < -0.39 is 11.8 Å². The summed E-state index contributed by atoms with van der Waals surface area (Å²) < 4.78 is 5.54. The van der Waals surface area contributed by atoms with Gasteiger partial charge in [-0.05, 0) is 60.4 Å². The van der Waals surface area contributed by atoms with Crippen LogP contribution >= 0.6 is 0 Å². The molecular weight excluding hydrogens is 432 g/mol. The molecule has 8 heteroatoms. The fourth-order valence-electron chi connectivity index (χ4n) is 2.96. The van der Waals surface area contributed by atoms with Gasteiger partial charge in [0.2, 0.25) is 0 Å². The molecule has 0 saturated heterocycles. The average molecular weight is 459 g/mol. The number of aryl methyl sites for hydroxylation is 2. The lowest BCUT2D eigenvalue weighted by molar-refractivity contribution is -0.136. The molecule has 0 saturated carbocycles. The number of nitrogens with one attached hydrogen (secondary N) is 3. The molecule has 0 aromatic heterocycles.